The predicted molar refractivity (Wildman–Crippen MR) is 125 cm³/mol. The largest absolute Gasteiger partial charge is 0.110 e. The van der Waals surface area contributed by atoms with E-state index < -0.39 is 22.3 Å². The molecule has 0 aliphatic heterocycles. The van der Waals surface area contributed by atoms with Crippen LogP contribution in [-0.4, -0.2) is 22.3 Å². The molecule has 26 heavy (non-hydrogen) atoms. The first kappa shape index (κ1) is 19.1. The standard InChI is InChI=1S/C23H30Si3/c1-24(2,3)26(5,23-19-13-8-14-20-23)25(4,21-15-9-6-10-16-21)22-17-11-7-12-18-22/h6-20H,1-5H3. The summed E-state index contributed by atoms with van der Waals surface area (Å²) in [6, 6.07) is 34.3. The van der Waals surface area contributed by atoms with Gasteiger partial charge in [-0.1, -0.05) is 139 Å². The van der Waals surface area contributed by atoms with Crippen LogP contribution in [0.15, 0.2) is 91.0 Å². The van der Waals surface area contributed by atoms with Gasteiger partial charge in [0.05, 0.1) is 7.11 Å². The van der Waals surface area contributed by atoms with Crippen LogP contribution < -0.4 is 15.6 Å². The van der Waals surface area contributed by atoms with Crippen LogP contribution in [0.25, 0.3) is 0 Å². The third kappa shape index (κ3) is 2.98. The molecule has 0 saturated carbocycles. The van der Waals surface area contributed by atoms with Gasteiger partial charge in [0, 0.05) is 7.59 Å². The fourth-order valence-electron chi connectivity index (χ4n) is 4.53. The Balaban J connectivity index is 2.39. The molecule has 3 heteroatoms. The first-order chi connectivity index (χ1) is 12.3. The predicted octanol–water partition coefficient (Wildman–Crippen LogP) is 4.36. The van der Waals surface area contributed by atoms with Crippen LogP contribution in [0.3, 0.4) is 0 Å². The van der Waals surface area contributed by atoms with Crippen LogP contribution in [0.2, 0.25) is 32.7 Å². The summed E-state index contributed by atoms with van der Waals surface area (Å²) in [4.78, 5) is 0. The van der Waals surface area contributed by atoms with E-state index in [1.807, 2.05) is 0 Å². The van der Waals surface area contributed by atoms with Crippen LogP contribution in [0.1, 0.15) is 0 Å². The van der Waals surface area contributed by atoms with Crippen molar-refractivity contribution in [2.24, 2.45) is 0 Å². The lowest BCUT2D eigenvalue weighted by Gasteiger charge is -2.52. The minimum atomic E-state index is -1.93. The zero-order valence-corrected chi connectivity index (χ0v) is 19.7. The topological polar surface area (TPSA) is 0 Å². The Morgan fingerprint density at radius 3 is 1.04 bits per heavy atom. The van der Waals surface area contributed by atoms with Crippen molar-refractivity contribution in [3.63, 3.8) is 0 Å². The zero-order valence-electron chi connectivity index (χ0n) is 16.7. The van der Waals surface area contributed by atoms with E-state index in [1.165, 1.54) is 0 Å². The molecule has 3 rings (SSSR count). The molecule has 3 aromatic rings. The van der Waals surface area contributed by atoms with E-state index in [0.29, 0.717) is 0 Å². The fourth-order valence-corrected chi connectivity index (χ4v) is 41.9. The molecule has 0 heterocycles. The van der Waals surface area contributed by atoms with Gasteiger partial charge in [-0.25, -0.2) is 0 Å². The van der Waals surface area contributed by atoms with E-state index in [2.05, 4.69) is 124 Å². The van der Waals surface area contributed by atoms with Crippen molar-refractivity contribution in [2.75, 3.05) is 0 Å². The molecule has 1 unspecified atom stereocenters. The summed E-state index contributed by atoms with van der Waals surface area (Å²) in [7, 11) is -5.17. The Hall–Kier alpha value is -1.69. The lowest BCUT2D eigenvalue weighted by molar-refractivity contribution is 1.68. The summed E-state index contributed by atoms with van der Waals surface area (Å²) in [6.07, 6.45) is 0. The minimum Gasteiger partial charge on any atom is -0.0713 e. The van der Waals surface area contributed by atoms with Gasteiger partial charge >= 0.3 is 0 Å². The van der Waals surface area contributed by atoms with Gasteiger partial charge in [0.15, 0.2) is 0 Å². The molecule has 0 spiro atoms. The third-order valence-corrected chi connectivity index (χ3v) is 45.7. The summed E-state index contributed by atoms with van der Waals surface area (Å²) < 4.78 is 0. The average molecular weight is 391 g/mol. The molecule has 0 fully saturated rings. The van der Waals surface area contributed by atoms with E-state index in [1.54, 1.807) is 15.6 Å². The van der Waals surface area contributed by atoms with Crippen molar-refractivity contribution in [1.82, 2.24) is 0 Å². The van der Waals surface area contributed by atoms with E-state index in [0.717, 1.165) is 0 Å². The molecule has 3 aromatic carbocycles. The Kier molecular flexibility index (Phi) is 5.24. The van der Waals surface area contributed by atoms with Crippen molar-refractivity contribution in [1.29, 1.82) is 0 Å². The second-order valence-electron chi connectivity index (χ2n) is 8.60. The van der Waals surface area contributed by atoms with Gasteiger partial charge in [-0.15, -0.1) is 0 Å². The molecular weight excluding hydrogens is 361 g/mol. The quantitative estimate of drug-likeness (QED) is 0.568. The first-order valence-corrected chi connectivity index (χ1v) is 20.0. The summed E-state index contributed by atoms with van der Waals surface area (Å²) in [5.41, 5.74) is 0. The van der Waals surface area contributed by atoms with Crippen LogP contribution in [-0.2, 0) is 0 Å². The lowest BCUT2D eigenvalue weighted by atomic mass is 10.4. The molecular formula is C23H30Si3. The first-order valence-electron chi connectivity index (χ1n) is 9.48. The Labute approximate surface area is 161 Å². The Morgan fingerprint density at radius 2 is 0.731 bits per heavy atom. The molecule has 0 bridgehead atoms. The van der Waals surface area contributed by atoms with E-state index in [-0.39, 0.29) is 0 Å². The SMILES string of the molecule is C[Si](C)(C)[Si](C)(c1ccccc1)[Si](C)(c1ccccc1)c1ccccc1. The highest BCUT2D eigenvalue weighted by atomic mass is 29.6. The molecule has 0 saturated heterocycles. The molecule has 0 N–H and O–H groups in total. The third-order valence-electron chi connectivity index (χ3n) is 6.55. The highest BCUT2D eigenvalue weighted by molar-refractivity contribution is 7.77. The molecule has 134 valence electrons. The maximum Gasteiger partial charge on any atom is 0.110 e. The molecule has 0 aliphatic carbocycles. The molecule has 0 nitrogen and oxygen atoms in total. The van der Waals surface area contributed by atoms with Crippen molar-refractivity contribution in [3.8, 4) is 0 Å². The highest BCUT2D eigenvalue weighted by Gasteiger charge is 2.58. The van der Waals surface area contributed by atoms with Crippen molar-refractivity contribution >= 4 is 37.9 Å². The van der Waals surface area contributed by atoms with Crippen molar-refractivity contribution in [3.05, 3.63) is 91.0 Å². The Bertz CT molecular complexity index is 799. The normalized spacial score (nSPS) is 14.7. The summed E-state index contributed by atoms with van der Waals surface area (Å²) in [5, 5.41) is 4.82. The zero-order chi connectivity index (χ0) is 18.8. The molecule has 0 aromatic heterocycles. The number of hydrogen-bond acceptors (Lipinski definition) is 0. The van der Waals surface area contributed by atoms with Gasteiger partial charge in [0.1, 0.15) is 7.59 Å². The van der Waals surface area contributed by atoms with Crippen LogP contribution in [0.4, 0.5) is 0 Å². The van der Waals surface area contributed by atoms with Crippen LogP contribution in [0, 0.1) is 0 Å². The minimum absolute atomic E-state index is 1.45. The smallest absolute Gasteiger partial charge is 0.0713 e. The summed E-state index contributed by atoms with van der Waals surface area (Å²) in [6.45, 7) is 13.1. The summed E-state index contributed by atoms with van der Waals surface area (Å²) >= 11 is 0. The van der Waals surface area contributed by atoms with Gasteiger partial charge in [-0.3, -0.25) is 0 Å². The monoisotopic (exact) mass is 390 g/mol. The second-order valence-corrected chi connectivity index (χ2v) is 34.3. The van der Waals surface area contributed by atoms with Gasteiger partial charge in [-0.05, 0) is 0 Å². The van der Waals surface area contributed by atoms with Crippen molar-refractivity contribution in [2.45, 2.75) is 32.7 Å². The van der Waals surface area contributed by atoms with Gasteiger partial charge in [-0.2, -0.15) is 0 Å². The highest BCUT2D eigenvalue weighted by Crippen LogP contribution is 2.29. The van der Waals surface area contributed by atoms with Gasteiger partial charge in [0.2, 0.25) is 0 Å². The van der Waals surface area contributed by atoms with Gasteiger partial charge < -0.3 is 0 Å². The molecule has 0 aliphatic rings. The molecule has 0 amide bonds. The fraction of sp³-hybridized carbons (Fsp3) is 0.217. The van der Waals surface area contributed by atoms with Crippen molar-refractivity contribution < 1.29 is 0 Å². The maximum absolute atomic E-state index is 2.70. The van der Waals surface area contributed by atoms with Gasteiger partial charge in [0.25, 0.3) is 0 Å². The number of benzene rings is 3. The lowest BCUT2D eigenvalue weighted by Crippen LogP contribution is -2.86. The second kappa shape index (κ2) is 7.14. The average Bonchev–Trinajstić information content (AvgIpc) is 2.68. The molecule has 0 radical (unpaired) electrons. The maximum atomic E-state index is 2.70. The number of rotatable bonds is 5. The number of hydrogen-bond donors (Lipinski definition) is 0. The van der Waals surface area contributed by atoms with E-state index in [9.17, 15) is 0 Å². The van der Waals surface area contributed by atoms with E-state index >= 15 is 0 Å². The molecule has 1 atom stereocenters. The van der Waals surface area contributed by atoms with Crippen LogP contribution in [0.5, 0.6) is 0 Å². The van der Waals surface area contributed by atoms with E-state index in [4.69, 9.17) is 0 Å². The van der Waals surface area contributed by atoms with Crippen LogP contribution >= 0.6 is 0 Å². The summed E-state index contributed by atoms with van der Waals surface area (Å²) in [5.74, 6) is 0. The Morgan fingerprint density at radius 1 is 0.423 bits per heavy atom.